The number of fused-ring (bicyclic) bond motifs is 1. The highest BCUT2D eigenvalue weighted by Crippen LogP contribution is 2.23. The van der Waals surface area contributed by atoms with Gasteiger partial charge in [-0.25, -0.2) is 4.98 Å². The maximum Gasteiger partial charge on any atom is 0.312 e. The molecule has 0 saturated heterocycles. The van der Waals surface area contributed by atoms with Gasteiger partial charge in [0.05, 0.1) is 29.5 Å². The van der Waals surface area contributed by atoms with Gasteiger partial charge in [-0.15, -0.1) is 0 Å². The van der Waals surface area contributed by atoms with E-state index in [1.165, 1.54) is 5.56 Å². The van der Waals surface area contributed by atoms with Gasteiger partial charge >= 0.3 is 5.97 Å². The number of esters is 1. The Morgan fingerprint density at radius 3 is 2.82 bits per heavy atom. The number of benzene rings is 2. The normalized spacial score (nSPS) is 11.1. The van der Waals surface area contributed by atoms with E-state index in [1.807, 2.05) is 35.9 Å². The Balaban J connectivity index is 1.39. The molecule has 2 heterocycles. The van der Waals surface area contributed by atoms with Crippen LogP contribution in [-0.4, -0.2) is 25.7 Å². The Hall–Kier alpha value is -3.41. The minimum atomic E-state index is -0.294. The van der Waals surface area contributed by atoms with Gasteiger partial charge in [-0.05, 0) is 43.2 Å². The number of aryl methyl sites for hydroxylation is 3. The molecule has 6 heteroatoms. The molecule has 142 valence electrons. The lowest BCUT2D eigenvalue weighted by molar-refractivity contribution is -0.144. The highest BCUT2D eigenvalue weighted by Gasteiger charge is 2.11. The van der Waals surface area contributed by atoms with Gasteiger partial charge in [0, 0.05) is 18.3 Å². The Morgan fingerprint density at radius 2 is 2.00 bits per heavy atom. The zero-order valence-corrected chi connectivity index (χ0v) is 16.2. The van der Waals surface area contributed by atoms with E-state index in [9.17, 15) is 4.79 Å². The number of rotatable bonds is 5. The van der Waals surface area contributed by atoms with Crippen molar-refractivity contribution in [1.82, 2.24) is 19.7 Å². The largest absolute Gasteiger partial charge is 0.461 e. The average molecular weight is 374 g/mol. The summed E-state index contributed by atoms with van der Waals surface area (Å²) in [6.45, 7) is 4.35. The third kappa shape index (κ3) is 3.67. The summed E-state index contributed by atoms with van der Waals surface area (Å²) in [5.74, 6) is -0.294. The molecule has 0 fully saturated rings. The minimum Gasteiger partial charge on any atom is -0.461 e. The standard InChI is InChI=1S/C22H22N4O2/c1-14-4-6-18(15(2)8-14)19-10-17(24-25-19)11-22(27)28-12-16-5-7-21-20(9-16)23-13-26(21)3/h4-10,13H,11-12H2,1-3H3,(H,24,25). The molecule has 0 amide bonds. The van der Waals surface area contributed by atoms with Crippen molar-refractivity contribution < 1.29 is 9.53 Å². The molecule has 28 heavy (non-hydrogen) atoms. The van der Waals surface area contributed by atoms with Crippen molar-refractivity contribution in [2.45, 2.75) is 26.9 Å². The number of aromatic nitrogens is 4. The van der Waals surface area contributed by atoms with Crippen molar-refractivity contribution >= 4 is 17.0 Å². The number of H-pyrrole nitrogens is 1. The van der Waals surface area contributed by atoms with Crippen molar-refractivity contribution in [3.05, 3.63) is 71.2 Å². The second kappa shape index (κ2) is 7.31. The van der Waals surface area contributed by atoms with Crippen LogP contribution >= 0.6 is 0 Å². The van der Waals surface area contributed by atoms with Crippen LogP contribution in [0.25, 0.3) is 22.3 Å². The number of carbonyl (C=O) groups excluding carboxylic acids is 1. The van der Waals surface area contributed by atoms with E-state index in [1.54, 1.807) is 6.33 Å². The molecule has 0 radical (unpaired) electrons. The predicted octanol–water partition coefficient (Wildman–Crippen LogP) is 3.87. The predicted molar refractivity (Wildman–Crippen MR) is 108 cm³/mol. The van der Waals surface area contributed by atoms with Gasteiger partial charge in [0.2, 0.25) is 0 Å². The second-order valence-electron chi connectivity index (χ2n) is 7.11. The van der Waals surface area contributed by atoms with E-state index < -0.39 is 0 Å². The number of nitrogens with one attached hydrogen (secondary N) is 1. The molecule has 6 nitrogen and oxygen atoms in total. The lowest BCUT2D eigenvalue weighted by Gasteiger charge is -2.05. The highest BCUT2D eigenvalue weighted by molar-refractivity contribution is 5.76. The smallest absolute Gasteiger partial charge is 0.312 e. The SMILES string of the molecule is Cc1ccc(-c2cc(CC(=O)OCc3ccc4c(c3)ncn4C)[nH]n2)c(C)c1. The Morgan fingerprint density at radius 1 is 1.14 bits per heavy atom. The number of aromatic amines is 1. The van der Waals surface area contributed by atoms with Crippen LogP contribution in [0.5, 0.6) is 0 Å². The van der Waals surface area contributed by atoms with Crippen LogP contribution in [0.1, 0.15) is 22.4 Å². The van der Waals surface area contributed by atoms with Crippen molar-refractivity contribution in [2.24, 2.45) is 7.05 Å². The molecule has 0 bridgehead atoms. The first kappa shape index (κ1) is 18.0. The van der Waals surface area contributed by atoms with E-state index in [0.717, 1.165) is 39.1 Å². The summed E-state index contributed by atoms with van der Waals surface area (Å²) in [5.41, 5.74) is 7.86. The average Bonchev–Trinajstić information content (AvgIpc) is 3.27. The van der Waals surface area contributed by atoms with Crippen LogP contribution in [0.4, 0.5) is 0 Å². The molecule has 0 aliphatic rings. The molecule has 4 rings (SSSR count). The van der Waals surface area contributed by atoms with Gasteiger partial charge in [0.1, 0.15) is 6.61 Å². The summed E-state index contributed by atoms with van der Waals surface area (Å²) in [6, 6.07) is 14.0. The van der Waals surface area contributed by atoms with Crippen molar-refractivity contribution in [2.75, 3.05) is 0 Å². The van der Waals surface area contributed by atoms with Crippen molar-refractivity contribution in [1.29, 1.82) is 0 Å². The van der Waals surface area contributed by atoms with Gasteiger partial charge < -0.3 is 9.30 Å². The highest BCUT2D eigenvalue weighted by atomic mass is 16.5. The first-order valence-electron chi connectivity index (χ1n) is 9.17. The summed E-state index contributed by atoms with van der Waals surface area (Å²) in [6.07, 6.45) is 1.93. The fourth-order valence-corrected chi connectivity index (χ4v) is 3.33. The van der Waals surface area contributed by atoms with E-state index >= 15 is 0 Å². The maximum absolute atomic E-state index is 12.2. The molecule has 0 atom stereocenters. The fraction of sp³-hybridized carbons (Fsp3) is 0.227. The van der Waals surface area contributed by atoms with Crippen LogP contribution in [0.3, 0.4) is 0 Å². The zero-order chi connectivity index (χ0) is 19.7. The topological polar surface area (TPSA) is 72.8 Å². The van der Waals surface area contributed by atoms with Gasteiger partial charge in [-0.1, -0.05) is 29.8 Å². The number of imidazole rings is 1. The quantitative estimate of drug-likeness (QED) is 0.538. The zero-order valence-electron chi connectivity index (χ0n) is 16.2. The van der Waals surface area contributed by atoms with Gasteiger partial charge in [0.25, 0.3) is 0 Å². The molecule has 0 aliphatic heterocycles. The van der Waals surface area contributed by atoms with Gasteiger partial charge in [-0.3, -0.25) is 9.89 Å². The van der Waals surface area contributed by atoms with Crippen LogP contribution in [0, 0.1) is 13.8 Å². The van der Waals surface area contributed by atoms with E-state index in [0.29, 0.717) is 0 Å². The number of carbonyl (C=O) groups is 1. The Bertz CT molecular complexity index is 1160. The van der Waals surface area contributed by atoms with Crippen LogP contribution in [0.2, 0.25) is 0 Å². The van der Waals surface area contributed by atoms with Crippen molar-refractivity contribution in [3.63, 3.8) is 0 Å². The molecular formula is C22H22N4O2. The molecule has 0 saturated carbocycles. The Kier molecular flexibility index (Phi) is 4.69. The number of ether oxygens (including phenoxy) is 1. The minimum absolute atomic E-state index is 0.156. The third-order valence-corrected chi connectivity index (χ3v) is 4.81. The first-order valence-corrected chi connectivity index (χ1v) is 9.17. The lowest BCUT2D eigenvalue weighted by atomic mass is 10.0. The van der Waals surface area contributed by atoms with Gasteiger partial charge in [-0.2, -0.15) is 5.10 Å². The monoisotopic (exact) mass is 374 g/mol. The van der Waals surface area contributed by atoms with Crippen LogP contribution < -0.4 is 0 Å². The summed E-state index contributed by atoms with van der Waals surface area (Å²) in [7, 11) is 1.95. The molecule has 0 spiro atoms. The second-order valence-corrected chi connectivity index (χ2v) is 7.11. The molecular weight excluding hydrogens is 352 g/mol. The third-order valence-electron chi connectivity index (χ3n) is 4.81. The number of nitrogens with zero attached hydrogens (tertiary/aromatic N) is 3. The Labute approximate surface area is 163 Å². The first-order chi connectivity index (χ1) is 13.5. The summed E-state index contributed by atoms with van der Waals surface area (Å²) in [4.78, 5) is 16.5. The van der Waals surface area contributed by atoms with E-state index in [-0.39, 0.29) is 19.0 Å². The molecule has 0 unspecified atom stereocenters. The number of hydrogen-bond acceptors (Lipinski definition) is 4. The summed E-state index contributed by atoms with van der Waals surface area (Å²) in [5, 5.41) is 7.28. The van der Waals surface area contributed by atoms with E-state index in [2.05, 4.69) is 47.2 Å². The molecule has 2 aromatic carbocycles. The summed E-state index contributed by atoms with van der Waals surface area (Å²) < 4.78 is 7.38. The summed E-state index contributed by atoms with van der Waals surface area (Å²) >= 11 is 0. The molecule has 2 aromatic heterocycles. The fourth-order valence-electron chi connectivity index (χ4n) is 3.33. The molecule has 1 N–H and O–H groups in total. The number of hydrogen-bond donors (Lipinski definition) is 1. The molecule has 4 aromatic rings. The van der Waals surface area contributed by atoms with E-state index in [4.69, 9.17) is 4.74 Å². The van der Waals surface area contributed by atoms with Crippen LogP contribution in [-0.2, 0) is 29.6 Å². The van der Waals surface area contributed by atoms with Gasteiger partial charge in [0.15, 0.2) is 0 Å². The van der Waals surface area contributed by atoms with Crippen LogP contribution in [0.15, 0.2) is 48.8 Å². The van der Waals surface area contributed by atoms with Crippen molar-refractivity contribution in [3.8, 4) is 11.3 Å². The molecule has 0 aliphatic carbocycles. The lowest BCUT2D eigenvalue weighted by Crippen LogP contribution is -2.08. The maximum atomic E-state index is 12.2.